The number of hydrogen-bond acceptors (Lipinski definition) is 4. The first-order valence-electron chi connectivity index (χ1n) is 3.59. The van der Waals surface area contributed by atoms with Crippen LogP contribution in [-0.2, 0) is 0 Å². The first-order chi connectivity index (χ1) is 5.77. The summed E-state index contributed by atoms with van der Waals surface area (Å²) in [6.07, 6.45) is 3.02. The molecule has 0 unspecified atom stereocenters. The van der Waals surface area contributed by atoms with Gasteiger partial charge in [0.1, 0.15) is 5.82 Å². The van der Waals surface area contributed by atoms with Gasteiger partial charge in [-0.25, -0.2) is 4.98 Å². The lowest BCUT2D eigenvalue weighted by Crippen LogP contribution is -1.95. The van der Waals surface area contributed by atoms with Crippen molar-refractivity contribution in [3.63, 3.8) is 0 Å². The molecular formula is C8H11N3O. The molecule has 0 atom stereocenters. The quantitative estimate of drug-likeness (QED) is 0.394. The molecule has 0 amide bonds. The van der Waals surface area contributed by atoms with Crippen molar-refractivity contribution in [2.75, 3.05) is 12.4 Å². The molecule has 0 fully saturated rings. The van der Waals surface area contributed by atoms with Gasteiger partial charge >= 0.3 is 0 Å². The second-order valence-corrected chi connectivity index (χ2v) is 2.42. The van der Waals surface area contributed by atoms with E-state index in [-0.39, 0.29) is 0 Å². The maximum absolute atomic E-state index is 8.30. The number of pyridine rings is 1. The van der Waals surface area contributed by atoms with Crippen LogP contribution in [0.5, 0.6) is 0 Å². The monoisotopic (exact) mass is 165 g/mol. The second kappa shape index (κ2) is 3.71. The van der Waals surface area contributed by atoms with Crippen LogP contribution < -0.4 is 5.32 Å². The predicted octanol–water partition coefficient (Wildman–Crippen LogP) is 1.24. The molecule has 0 saturated heterocycles. The third-order valence-corrected chi connectivity index (χ3v) is 1.60. The van der Waals surface area contributed by atoms with Gasteiger partial charge in [-0.2, -0.15) is 0 Å². The van der Waals surface area contributed by atoms with Crippen LogP contribution in [0.25, 0.3) is 0 Å². The molecule has 0 bridgehead atoms. The number of nitrogens with one attached hydrogen (secondary N) is 1. The Morgan fingerprint density at radius 3 is 2.92 bits per heavy atom. The van der Waals surface area contributed by atoms with Gasteiger partial charge in [0.15, 0.2) is 0 Å². The van der Waals surface area contributed by atoms with Crippen LogP contribution in [0.3, 0.4) is 0 Å². The Balaban J connectivity index is 3.03. The van der Waals surface area contributed by atoms with E-state index in [1.165, 1.54) is 6.21 Å². The summed E-state index contributed by atoms with van der Waals surface area (Å²) < 4.78 is 0. The van der Waals surface area contributed by atoms with Crippen molar-refractivity contribution in [1.29, 1.82) is 0 Å². The summed E-state index contributed by atoms with van der Waals surface area (Å²) in [5, 5.41) is 14.2. The van der Waals surface area contributed by atoms with E-state index < -0.39 is 0 Å². The Hall–Kier alpha value is -1.58. The molecule has 0 radical (unpaired) electrons. The largest absolute Gasteiger partial charge is 0.411 e. The zero-order chi connectivity index (χ0) is 8.97. The van der Waals surface area contributed by atoms with Gasteiger partial charge < -0.3 is 10.5 Å². The summed E-state index contributed by atoms with van der Waals surface area (Å²) in [5.41, 5.74) is 1.84. The Morgan fingerprint density at radius 1 is 1.67 bits per heavy atom. The summed E-state index contributed by atoms with van der Waals surface area (Å²) in [4.78, 5) is 4.06. The zero-order valence-corrected chi connectivity index (χ0v) is 7.07. The molecule has 0 saturated carbocycles. The van der Waals surface area contributed by atoms with E-state index >= 15 is 0 Å². The van der Waals surface area contributed by atoms with E-state index in [9.17, 15) is 0 Å². The van der Waals surface area contributed by atoms with Gasteiger partial charge in [-0.3, -0.25) is 0 Å². The maximum Gasteiger partial charge on any atom is 0.125 e. The molecule has 0 aliphatic rings. The predicted molar refractivity (Wildman–Crippen MR) is 47.9 cm³/mol. The summed E-state index contributed by atoms with van der Waals surface area (Å²) in [6, 6.07) is 1.89. The minimum Gasteiger partial charge on any atom is -0.411 e. The fraction of sp³-hybridized carbons (Fsp3) is 0.250. The second-order valence-electron chi connectivity index (χ2n) is 2.42. The van der Waals surface area contributed by atoms with E-state index in [1.807, 2.05) is 20.0 Å². The third kappa shape index (κ3) is 1.72. The summed E-state index contributed by atoms with van der Waals surface area (Å²) >= 11 is 0. The first kappa shape index (κ1) is 8.52. The standard InChI is InChI=1S/C8H11N3O/c1-6-3-8(9-2)10-4-7(6)5-11-12/h3-5,12H,1-2H3,(H,9,10)/b11-5-. The van der Waals surface area contributed by atoms with Crippen molar-refractivity contribution < 1.29 is 5.21 Å². The Labute approximate surface area is 70.9 Å². The fourth-order valence-corrected chi connectivity index (χ4v) is 0.901. The van der Waals surface area contributed by atoms with Gasteiger partial charge in [-0.1, -0.05) is 5.16 Å². The van der Waals surface area contributed by atoms with E-state index in [1.54, 1.807) is 6.20 Å². The third-order valence-electron chi connectivity index (χ3n) is 1.60. The molecule has 4 heteroatoms. The number of nitrogens with zero attached hydrogens (tertiary/aromatic N) is 2. The van der Waals surface area contributed by atoms with Gasteiger partial charge in [0, 0.05) is 18.8 Å². The van der Waals surface area contributed by atoms with Gasteiger partial charge in [-0.05, 0) is 18.6 Å². The van der Waals surface area contributed by atoms with Crippen molar-refractivity contribution in [3.05, 3.63) is 23.4 Å². The molecule has 2 N–H and O–H groups in total. The van der Waals surface area contributed by atoms with Crippen LogP contribution in [0, 0.1) is 6.92 Å². The lowest BCUT2D eigenvalue weighted by atomic mass is 10.2. The lowest BCUT2D eigenvalue weighted by Gasteiger charge is -2.01. The molecule has 1 aromatic heterocycles. The van der Waals surface area contributed by atoms with Gasteiger partial charge in [-0.15, -0.1) is 0 Å². The normalized spacial score (nSPS) is 10.5. The minimum atomic E-state index is 0.808. The van der Waals surface area contributed by atoms with Crippen LogP contribution >= 0.6 is 0 Å². The van der Waals surface area contributed by atoms with Crippen LogP contribution in [0.2, 0.25) is 0 Å². The molecular weight excluding hydrogens is 154 g/mol. The molecule has 0 aliphatic carbocycles. The number of oxime groups is 1. The van der Waals surface area contributed by atoms with Crippen LogP contribution in [0.1, 0.15) is 11.1 Å². The fourth-order valence-electron chi connectivity index (χ4n) is 0.901. The van der Waals surface area contributed by atoms with E-state index in [2.05, 4.69) is 15.5 Å². The summed E-state index contributed by atoms with van der Waals surface area (Å²) in [7, 11) is 1.81. The highest BCUT2D eigenvalue weighted by Gasteiger charge is 1.96. The Morgan fingerprint density at radius 2 is 2.42 bits per heavy atom. The minimum absolute atomic E-state index is 0.808. The number of hydrogen-bond donors (Lipinski definition) is 2. The van der Waals surface area contributed by atoms with Crippen molar-refractivity contribution in [3.8, 4) is 0 Å². The average Bonchev–Trinajstić information content (AvgIpc) is 2.09. The summed E-state index contributed by atoms with van der Waals surface area (Å²) in [6.45, 7) is 1.93. The van der Waals surface area contributed by atoms with Crippen molar-refractivity contribution in [2.45, 2.75) is 6.92 Å². The Bertz CT molecular complexity index is 296. The highest BCUT2D eigenvalue weighted by Crippen LogP contribution is 2.08. The highest BCUT2D eigenvalue weighted by molar-refractivity contribution is 5.81. The smallest absolute Gasteiger partial charge is 0.125 e. The number of rotatable bonds is 2. The molecule has 1 heterocycles. The van der Waals surface area contributed by atoms with Crippen molar-refractivity contribution in [1.82, 2.24) is 4.98 Å². The molecule has 1 rings (SSSR count). The number of aromatic nitrogens is 1. The maximum atomic E-state index is 8.30. The van der Waals surface area contributed by atoms with Crippen molar-refractivity contribution in [2.24, 2.45) is 5.16 Å². The van der Waals surface area contributed by atoms with Crippen LogP contribution in [-0.4, -0.2) is 23.5 Å². The van der Waals surface area contributed by atoms with Crippen LogP contribution in [0.15, 0.2) is 17.4 Å². The molecule has 0 aromatic carbocycles. The zero-order valence-electron chi connectivity index (χ0n) is 7.07. The molecule has 12 heavy (non-hydrogen) atoms. The van der Waals surface area contributed by atoms with Gasteiger partial charge in [0.2, 0.25) is 0 Å². The Kier molecular flexibility index (Phi) is 2.63. The van der Waals surface area contributed by atoms with Gasteiger partial charge in [0.25, 0.3) is 0 Å². The number of aryl methyl sites for hydroxylation is 1. The van der Waals surface area contributed by atoms with Crippen LogP contribution in [0.4, 0.5) is 5.82 Å². The summed E-state index contributed by atoms with van der Waals surface area (Å²) in [5.74, 6) is 0.808. The van der Waals surface area contributed by atoms with E-state index in [4.69, 9.17) is 5.21 Å². The molecule has 1 aromatic rings. The number of anilines is 1. The van der Waals surface area contributed by atoms with E-state index in [0.717, 1.165) is 16.9 Å². The first-order valence-corrected chi connectivity index (χ1v) is 3.59. The average molecular weight is 165 g/mol. The molecule has 64 valence electrons. The van der Waals surface area contributed by atoms with E-state index in [0.29, 0.717) is 0 Å². The molecule has 4 nitrogen and oxygen atoms in total. The van der Waals surface area contributed by atoms with Gasteiger partial charge in [0.05, 0.1) is 6.21 Å². The lowest BCUT2D eigenvalue weighted by molar-refractivity contribution is 0.322. The van der Waals surface area contributed by atoms with Crippen molar-refractivity contribution >= 4 is 12.0 Å². The highest BCUT2D eigenvalue weighted by atomic mass is 16.4. The SMILES string of the molecule is CNc1cc(C)c(/C=N\O)cn1. The molecule has 0 spiro atoms. The topological polar surface area (TPSA) is 57.5 Å². The molecule has 0 aliphatic heterocycles.